The van der Waals surface area contributed by atoms with E-state index in [9.17, 15) is 18.0 Å². The van der Waals surface area contributed by atoms with Crippen molar-refractivity contribution in [2.75, 3.05) is 13.1 Å². The minimum absolute atomic E-state index is 0.0771. The molecule has 2 aliphatic rings. The van der Waals surface area contributed by atoms with Gasteiger partial charge in [-0.3, -0.25) is 9.69 Å². The third-order valence-electron chi connectivity index (χ3n) is 4.74. The highest BCUT2D eigenvalue weighted by Crippen LogP contribution is 2.33. The maximum atomic E-state index is 12.8. The molecule has 1 aromatic rings. The molecule has 0 aromatic heterocycles. The standard InChI is InChI=1S/C16H20F3N3O2/c17-16(18,19)12-5-1-3-10(7-12)13-8-14(21-20-13)22-6-2-4-11(9-22)15(23)24/h1,3,5,7,11,13-14,20-21H,2,4,6,8-9H2,(H,23,24). The topological polar surface area (TPSA) is 64.6 Å². The highest BCUT2D eigenvalue weighted by molar-refractivity contribution is 5.70. The van der Waals surface area contributed by atoms with Crippen LogP contribution in [0.4, 0.5) is 13.2 Å². The molecule has 0 bridgehead atoms. The first-order chi connectivity index (χ1) is 11.3. The first kappa shape index (κ1) is 17.2. The van der Waals surface area contributed by atoms with E-state index in [4.69, 9.17) is 5.11 Å². The number of carboxylic acid groups (broad SMARTS) is 1. The van der Waals surface area contributed by atoms with Crippen LogP contribution in [0.25, 0.3) is 0 Å². The predicted octanol–water partition coefficient (Wildman–Crippen LogP) is 2.37. The Morgan fingerprint density at radius 2 is 2.08 bits per heavy atom. The third kappa shape index (κ3) is 3.71. The molecule has 8 heteroatoms. The average Bonchev–Trinajstić information content (AvgIpc) is 3.04. The van der Waals surface area contributed by atoms with Crippen molar-refractivity contribution in [2.24, 2.45) is 5.92 Å². The van der Waals surface area contributed by atoms with Gasteiger partial charge in [-0.2, -0.15) is 13.2 Å². The van der Waals surface area contributed by atoms with Crippen molar-refractivity contribution in [1.29, 1.82) is 0 Å². The molecule has 3 atom stereocenters. The molecular formula is C16H20F3N3O2. The summed E-state index contributed by atoms with van der Waals surface area (Å²) in [7, 11) is 0. The van der Waals surface area contributed by atoms with Gasteiger partial charge in [0.1, 0.15) is 0 Å². The van der Waals surface area contributed by atoms with Crippen LogP contribution in [-0.2, 0) is 11.0 Å². The average molecular weight is 343 g/mol. The van der Waals surface area contributed by atoms with Gasteiger partial charge in [-0.1, -0.05) is 12.1 Å². The number of rotatable bonds is 3. The summed E-state index contributed by atoms with van der Waals surface area (Å²) < 4.78 is 38.5. The van der Waals surface area contributed by atoms with Crippen molar-refractivity contribution in [1.82, 2.24) is 15.8 Å². The Balaban J connectivity index is 1.66. The zero-order valence-corrected chi connectivity index (χ0v) is 13.0. The van der Waals surface area contributed by atoms with E-state index >= 15 is 0 Å². The molecule has 0 spiro atoms. The number of hydrogen-bond acceptors (Lipinski definition) is 4. The van der Waals surface area contributed by atoms with Gasteiger partial charge in [0, 0.05) is 12.6 Å². The van der Waals surface area contributed by atoms with Crippen LogP contribution in [0, 0.1) is 5.92 Å². The molecule has 2 saturated heterocycles. The van der Waals surface area contributed by atoms with E-state index in [1.54, 1.807) is 6.07 Å². The number of likely N-dealkylation sites (tertiary alicyclic amines) is 1. The quantitative estimate of drug-likeness (QED) is 0.786. The van der Waals surface area contributed by atoms with Crippen LogP contribution < -0.4 is 10.9 Å². The molecule has 0 amide bonds. The molecule has 2 heterocycles. The minimum Gasteiger partial charge on any atom is -0.481 e. The SMILES string of the molecule is O=C(O)C1CCCN(C2CC(c3cccc(C(F)(F)F)c3)NN2)C1. The number of alkyl halides is 3. The number of halogens is 3. The van der Waals surface area contributed by atoms with E-state index in [0.29, 0.717) is 24.9 Å². The van der Waals surface area contributed by atoms with E-state index < -0.39 is 17.7 Å². The zero-order valence-electron chi connectivity index (χ0n) is 13.0. The Kier molecular flexibility index (Phi) is 4.80. The second-order valence-corrected chi connectivity index (χ2v) is 6.39. The smallest absolute Gasteiger partial charge is 0.416 e. The summed E-state index contributed by atoms with van der Waals surface area (Å²) >= 11 is 0. The number of benzene rings is 1. The van der Waals surface area contributed by atoms with Gasteiger partial charge in [0.05, 0.1) is 17.6 Å². The molecule has 0 saturated carbocycles. The minimum atomic E-state index is -4.36. The Bertz CT molecular complexity index is 608. The van der Waals surface area contributed by atoms with Crippen molar-refractivity contribution in [3.05, 3.63) is 35.4 Å². The normalized spacial score (nSPS) is 28.9. The molecule has 2 fully saturated rings. The summed E-state index contributed by atoms with van der Waals surface area (Å²) in [4.78, 5) is 13.2. The fourth-order valence-corrected chi connectivity index (χ4v) is 3.42. The molecule has 1 aromatic carbocycles. The van der Waals surface area contributed by atoms with Gasteiger partial charge in [0.25, 0.3) is 0 Å². The van der Waals surface area contributed by atoms with Gasteiger partial charge < -0.3 is 5.11 Å². The molecule has 3 rings (SSSR count). The van der Waals surface area contributed by atoms with Crippen molar-refractivity contribution >= 4 is 5.97 Å². The monoisotopic (exact) mass is 343 g/mol. The van der Waals surface area contributed by atoms with Gasteiger partial charge in [-0.05, 0) is 43.5 Å². The lowest BCUT2D eigenvalue weighted by molar-refractivity contribution is -0.144. The number of carboxylic acids is 1. The van der Waals surface area contributed by atoms with Gasteiger partial charge in [0.15, 0.2) is 0 Å². The molecule has 2 aliphatic heterocycles. The Labute approximate surface area is 137 Å². The zero-order chi connectivity index (χ0) is 17.3. The molecular weight excluding hydrogens is 323 g/mol. The molecule has 3 N–H and O–H groups in total. The van der Waals surface area contributed by atoms with Crippen LogP contribution in [0.1, 0.15) is 36.4 Å². The van der Waals surface area contributed by atoms with Crippen molar-refractivity contribution < 1.29 is 23.1 Å². The number of carbonyl (C=O) groups is 1. The number of piperidine rings is 1. The molecule has 0 aliphatic carbocycles. The van der Waals surface area contributed by atoms with Gasteiger partial charge in [-0.25, -0.2) is 10.9 Å². The Hall–Kier alpha value is -1.64. The number of hydrazine groups is 1. The van der Waals surface area contributed by atoms with Crippen molar-refractivity contribution in [3.8, 4) is 0 Å². The molecule has 24 heavy (non-hydrogen) atoms. The lowest BCUT2D eigenvalue weighted by Crippen LogP contribution is -2.50. The summed E-state index contributed by atoms with van der Waals surface area (Å²) in [5, 5.41) is 9.17. The van der Waals surface area contributed by atoms with Gasteiger partial charge in [-0.15, -0.1) is 0 Å². The van der Waals surface area contributed by atoms with Crippen molar-refractivity contribution in [2.45, 2.75) is 37.6 Å². The van der Waals surface area contributed by atoms with E-state index in [1.165, 1.54) is 6.07 Å². The van der Waals surface area contributed by atoms with Gasteiger partial charge in [0.2, 0.25) is 0 Å². The Morgan fingerprint density at radius 3 is 2.79 bits per heavy atom. The number of aliphatic carboxylic acids is 1. The highest BCUT2D eigenvalue weighted by Gasteiger charge is 2.35. The van der Waals surface area contributed by atoms with E-state index in [0.717, 1.165) is 25.1 Å². The largest absolute Gasteiger partial charge is 0.481 e. The van der Waals surface area contributed by atoms with Crippen molar-refractivity contribution in [3.63, 3.8) is 0 Å². The van der Waals surface area contributed by atoms with E-state index in [2.05, 4.69) is 15.8 Å². The predicted molar refractivity (Wildman–Crippen MR) is 80.8 cm³/mol. The first-order valence-corrected chi connectivity index (χ1v) is 7.99. The first-order valence-electron chi connectivity index (χ1n) is 7.99. The lowest BCUT2D eigenvalue weighted by atomic mass is 9.96. The molecule has 132 valence electrons. The van der Waals surface area contributed by atoms with Crippen LogP contribution >= 0.6 is 0 Å². The Morgan fingerprint density at radius 1 is 1.29 bits per heavy atom. The summed E-state index contributed by atoms with van der Waals surface area (Å²) in [5.41, 5.74) is 6.05. The van der Waals surface area contributed by atoms with E-state index in [1.807, 2.05) is 0 Å². The third-order valence-corrected chi connectivity index (χ3v) is 4.74. The molecule has 3 unspecified atom stereocenters. The lowest BCUT2D eigenvalue weighted by Gasteiger charge is -2.34. The number of nitrogens with zero attached hydrogens (tertiary/aromatic N) is 1. The van der Waals surface area contributed by atoms with Crippen LogP contribution in [0.15, 0.2) is 24.3 Å². The summed E-state index contributed by atoms with van der Waals surface area (Å²) in [6, 6.07) is 5.08. The maximum Gasteiger partial charge on any atom is 0.416 e. The number of nitrogens with one attached hydrogen (secondary N) is 2. The van der Waals surface area contributed by atoms with E-state index in [-0.39, 0.29) is 18.1 Å². The summed E-state index contributed by atoms with van der Waals surface area (Å²) in [5.74, 6) is -1.17. The fourth-order valence-electron chi connectivity index (χ4n) is 3.42. The number of hydrogen-bond donors (Lipinski definition) is 3. The molecule has 0 radical (unpaired) electrons. The second kappa shape index (κ2) is 6.70. The maximum absolute atomic E-state index is 12.8. The van der Waals surface area contributed by atoms with Crippen LogP contribution in [0.5, 0.6) is 0 Å². The van der Waals surface area contributed by atoms with Crippen LogP contribution in [0.2, 0.25) is 0 Å². The van der Waals surface area contributed by atoms with Crippen LogP contribution in [-0.4, -0.2) is 35.2 Å². The fraction of sp³-hybridized carbons (Fsp3) is 0.562. The summed E-state index contributed by atoms with van der Waals surface area (Å²) in [6.07, 6.45) is -2.37. The second-order valence-electron chi connectivity index (χ2n) is 6.39. The van der Waals surface area contributed by atoms with Gasteiger partial charge >= 0.3 is 12.1 Å². The molecule has 5 nitrogen and oxygen atoms in total. The summed E-state index contributed by atoms with van der Waals surface area (Å²) in [6.45, 7) is 1.25. The van der Waals surface area contributed by atoms with Crippen LogP contribution in [0.3, 0.4) is 0 Å². The highest BCUT2D eigenvalue weighted by atomic mass is 19.4.